The molecule has 1 aliphatic rings. The first-order valence-corrected chi connectivity index (χ1v) is 6.79. The quantitative estimate of drug-likeness (QED) is 0.662. The predicted molar refractivity (Wildman–Crippen MR) is 76.5 cm³/mol. The molecule has 0 saturated carbocycles. The van der Waals surface area contributed by atoms with Gasteiger partial charge in [-0.3, -0.25) is 14.9 Å². The number of anilines is 1. The maximum absolute atomic E-state index is 13.1. The summed E-state index contributed by atoms with van der Waals surface area (Å²) in [7, 11) is 0. The molecule has 7 heteroatoms. The maximum Gasteiger partial charge on any atom is 0.295 e. The van der Waals surface area contributed by atoms with E-state index in [1.165, 1.54) is 6.07 Å². The summed E-state index contributed by atoms with van der Waals surface area (Å²) >= 11 is 0. The van der Waals surface area contributed by atoms with Gasteiger partial charge in [-0.1, -0.05) is 13.8 Å². The number of nitrogens with zero attached hydrogens (tertiary/aromatic N) is 1. The van der Waals surface area contributed by atoms with Crippen LogP contribution in [-0.4, -0.2) is 23.4 Å². The van der Waals surface area contributed by atoms with Crippen molar-refractivity contribution < 1.29 is 14.1 Å². The number of hydrogen-bond donors (Lipinski definition) is 2. The molecule has 114 valence electrons. The molecule has 6 nitrogen and oxygen atoms in total. The fourth-order valence-electron chi connectivity index (χ4n) is 2.63. The SMILES string of the molecule is CC1(C)CCCNC1C(=O)Nc1ccc(F)cc1[N+](=O)[O-]. The number of halogens is 1. The summed E-state index contributed by atoms with van der Waals surface area (Å²) in [6.45, 7) is 4.68. The minimum absolute atomic E-state index is 0.00886. The van der Waals surface area contributed by atoms with Gasteiger partial charge < -0.3 is 10.6 Å². The van der Waals surface area contributed by atoms with Crippen LogP contribution in [0.5, 0.6) is 0 Å². The fraction of sp³-hybridized carbons (Fsp3) is 0.500. The molecule has 21 heavy (non-hydrogen) atoms. The highest BCUT2D eigenvalue weighted by molar-refractivity contribution is 5.97. The fourth-order valence-corrected chi connectivity index (χ4v) is 2.63. The second-order valence-electron chi connectivity index (χ2n) is 5.89. The third-order valence-electron chi connectivity index (χ3n) is 3.80. The molecule has 0 aliphatic carbocycles. The van der Waals surface area contributed by atoms with Gasteiger partial charge in [-0.25, -0.2) is 4.39 Å². The van der Waals surface area contributed by atoms with Crippen molar-refractivity contribution in [3.05, 3.63) is 34.1 Å². The first-order valence-electron chi connectivity index (χ1n) is 6.79. The van der Waals surface area contributed by atoms with Gasteiger partial charge in [0.05, 0.1) is 17.0 Å². The van der Waals surface area contributed by atoms with E-state index in [-0.39, 0.29) is 17.0 Å². The normalized spacial score (nSPS) is 20.8. The van der Waals surface area contributed by atoms with Crippen molar-refractivity contribution in [2.24, 2.45) is 5.41 Å². The van der Waals surface area contributed by atoms with Crippen molar-refractivity contribution in [2.45, 2.75) is 32.7 Å². The summed E-state index contributed by atoms with van der Waals surface area (Å²) in [6, 6.07) is 2.66. The number of nitro benzene ring substituents is 1. The molecule has 1 saturated heterocycles. The Hall–Kier alpha value is -2.02. The van der Waals surface area contributed by atoms with Crippen LogP contribution in [0.1, 0.15) is 26.7 Å². The Labute approximate surface area is 121 Å². The van der Waals surface area contributed by atoms with Gasteiger partial charge in [0.1, 0.15) is 11.5 Å². The second-order valence-corrected chi connectivity index (χ2v) is 5.89. The van der Waals surface area contributed by atoms with Crippen LogP contribution in [0, 0.1) is 21.3 Å². The van der Waals surface area contributed by atoms with Crippen LogP contribution < -0.4 is 10.6 Å². The Morgan fingerprint density at radius 1 is 1.52 bits per heavy atom. The molecule has 2 N–H and O–H groups in total. The number of nitrogens with one attached hydrogen (secondary N) is 2. The zero-order chi connectivity index (χ0) is 15.6. The van der Waals surface area contributed by atoms with Crippen LogP contribution in [0.4, 0.5) is 15.8 Å². The number of amides is 1. The van der Waals surface area contributed by atoms with Crippen molar-refractivity contribution in [2.75, 3.05) is 11.9 Å². The van der Waals surface area contributed by atoms with Crippen LogP contribution in [0.15, 0.2) is 18.2 Å². The Bertz CT molecular complexity index is 575. The maximum atomic E-state index is 13.1. The van der Waals surface area contributed by atoms with Crippen LogP contribution in [0.3, 0.4) is 0 Å². The van der Waals surface area contributed by atoms with Crippen LogP contribution in [-0.2, 0) is 4.79 Å². The molecule has 0 bridgehead atoms. The third-order valence-corrected chi connectivity index (χ3v) is 3.80. The number of nitro groups is 1. The highest BCUT2D eigenvalue weighted by Crippen LogP contribution is 2.32. The summed E-state index contributed by atoms with van der Waals surface area (Å²) in [5.74, 6) is -1.05. The Morgan fingerprint density at radius 2 is 2.24 bits per heavy atom. The number of carbonyl (C=O) groups is 1. The lowest BCUT2D eigenvalue weighted by Crippen LogP contribution is -2.53. The Kier molecular flexibility index (Phi) is 4.22. The minimum Gasteiger partial charge on any atom is -0.319 e. The predicted octanol–water partition coefficient (Wildman–Crippen LogP) is 2.45. The lowest BCUT2D eigenvalue weighted by molar-refractivity contribution is -0.384. The molecule has 0 radical (unpaired) electrons. The Morgan fingerprint density at radius 3 is 2.86 bits per heavy atom. The van der Waals surface area contributed by atoms with Gasteiger partial charge in [0.15, 0.2) is 0 Å². The van der Waals surface area contributed by atoms with Crippen LogP contribution >= 0.6 is 0 Å². The number of rotatable bonds is 3. The molecular formula is C14H18FN3O3. The van der Waals surface area contributed by atoms with Gasteiger partial charge in [0.25, 0.3) is 5.69 Å². The Balaban J connectivity index is 2.22. The van der Waals surface area contributed by atoms with Gasteiger partial charge >= 0.3 is 0 Å². The molecule has 1 fully saturated rings. The zero-order valence-electron chi connectivity index (χ0n) is 12.0. The van der Waals surface area contributed by atoms with Crippen LogP contribution in [0.25, 0.3) is 0 Å². The monoisotopic (exact) mass is 295 g/mol. The van der Waals surface area contributed by atoms with Gasteiger partial charge in [-0.05, 0) is 36.9 Å². The standard InChI is InChI=1S/C14H18FN3O3/c1-14(2)6-3-7-16-12(14)13(19)17-10-5-4-9(15)8-11(10)18(20)21/h4-5,8,12,16H,3,6-7H2,1-2H3,(H,17,19). The topological polar surface area (TPSA) is 84.3 Å². The lowest BCUT2D eigenvalue weighted by Gasteiger charge is -2.38. The average molecular weight is 295 g/mol. The van der Waals surface area contributed by atoms with Crippen molar-refractivity contribution in [1.29, 1.82) is 0 Å². The van der Waals surface area contributed by atoms with Crippen LogP contribution in [0.2, 0.25) is 0 Å². The van der Waals surface area contributed by atoms with Gasteiger partial charge in [-0.15, -0.1) is 0 Å². The van der Waals surface area contributed by atoms with E-state index in [1.807, 2.05) is 13.8 Å². The first kappa shape index (κ1) is 15.4. The number of carbonyl (C=O) groups excluding carboxylic acids is 1. The van der Waals surface area contributed by atoms with E-state index >= 15 is 0 Å². The highest BCUT2D eigenvalue weighted by atomic mass is 19.1. The molecule has 1 aliphatic heterocycles. The lowest BCUT2D eigenvalue weighted by atomic mass is 9.77. The molecule has 0 spiro atoms. The smallest absolute Gasteiger partial charge is 0.295 e. The average Bonchev–Trinajstić information content (AvgIpc) is 2.39. The minimum atomic E-state index is -0.712. The second kappa shape index (κ2) is 5.77. The highest BCUT2D eigenvalue weighted by Gasteiger charge is 2.37. The molecule has 1 aromatic carbocycles. The molecule has 0 aromatic heterocycles. The molecule has 1 heterocycles. The van der Waals surface area contributed by atoms with Crippen molar-refractivity contribution in [3.8, 4) is 0 Å². The first-order chi connectivity index (χ1) is 9.81. The number of hydrogen-bond acceptors (Lipinski definition) is 4. The van der Waals surface area contributed by atoms with Crippen molar-refractivity contribution in [1.82, 2.24) is 5.32 Å². The summed E-state index contributed by atoms with van der Waals surface area (Å²) in [6.07, 6.45) is 1.87. The molecule has 1 aromatic rings. The third kappa shape index (κ3) is 3.36. The van der Waals surface area contributed by atoms with Crippen molar-refractivity contribution >= 4 is 17.3 Å². The van der Waals surface area contributed by atoms with E-state index in [9.17, 15) is 19.3 Å². The number of benzene rings is 1. The van der Waals surface area contributed by atoms with E-state index in [1.54, 1.807) is 0 Å². The van der Waals surface area contributed by atoms with Gasteiger partial charge in [0, 0.05) is 0 Å². The molecule has 1 unspecified atom stereocenters. The van der Waals surface area contributed by atoms with Gasteiger partial charge in [0.2, 0.25) is 5.91 Å². The molecule has 2 rings (SSSR count). The van der Waals surface area contributed by atoms with E-state index in [0.29, 0.717) is 0 Å². The van der Waals surface area contributed by atoms with E-state index in [2.05, 4.69) is 10.6 Å². The van der Waals surface area contributed by atoms with E-state index in [0.717, 1.165) is 31.5 Å². The molecule has 1 atom stereocenters. The summed E-state index contributed by atoms with van der Waals surface area (Å²) in [5.41, 5.74) is -0.677. The largest absolute Gasteiger partial charge is 0.319 e. The summed E-state index contributed by atoms with van der Waals surface area (Å²) < 4.78 is 13.1. The van der Waals surface area contributed by atoms with Crippen molar-refractivity contribution in [3.63, 3.8) is 0 Å². The van der Waals surface area contributed by atoms with Gasteiger partial charge in [-0.2, -0.15) is 0 Å². The van der Waals surface area contributed by atoms with E-state index < -0.39 is 22.5 Å². The zero-order valence-corrected chi connectivity index (χ0v) is 12.0. The van der Waals surface area contributed by atoms with E-state index in [4.69, 9.17) is 0 Å². The molecular weight excluding hydrogens is 277 g/mol. The summed E-state index contributed by atoms with van der Waals surface area (Å²) in [5, 5.41) is 16.6. The number of piperidine rings is 1. The molecule has 1 amide bonds. The summed E-state index contributed by atoms with van der Waals surface area (Å²) in [4.78, 5) is 22.6.